The van der Waals surface area contributed by atoms with E-state index in [2.05, 4.69) is 5.10 Å². The molecule has 0 spiro atoms. The summed E-state index contributed by atoms with van der Waals surface area (Å²) in [5, 5.41) is 4.05. The molecule has 20 heavy (non-hydrogen) atoms. The minimum atomic E-state index is -5.16. The number of alkyl halides is 3. The molecule has 0 amide bonds. The monoisotopic (exact) mass is 311 g/mol. The van der Waals surface area contributed by atoms with E-state index in [1.54, 1.807) is 28.0 Å². The highest BCUT2D eigenvalue weighted by atomic mass is 32.2. The zero-order valence-corrected chi connectivity index (χ0v) is 11.6. The van der Waals surface area contributed by atoms with Gasteiger partial charge in [0.25, 0.3) is 0 Å². The van der Waals surface area contributed by atoms with Crippen molar-refractivity contribution in [2.75, 3.05) is 18.8 Å². The largest absolute Gasteiger partial charge is 0.497 e. The van der Waals surface area contributed by atoms with Crippen molar-refractivity contribution in [3.8, 4) is 0 Å². The normalized spacial score (nSPS) is 21.4. The molecule has 1 unspecified atom stereocenters. The van der Waals surface area contributed by atoms with Gasteiger partial charge in [0, 0.05) is 25.0 Å². The fourth-order valence-electron chi connectivity index (χ4n) is 2.37. The van der Waals surface area contributed by atoms with Crippen LogP contribution in [-0.4, -0.2) is 53.5 Å². The highest BCUT2D eigenvalue weighted by Gasteiger charge is 2.45. The molecule has 0 aliphatic carbocycles. The van der Waals surface area contributed by atoms with E-state index in [4.69, 9.17) is 0 Å². The molecule has 1 aromatic rings. The molecular weight excluding hydrogens is 295 g/mol. The molecule has 0 bridgehead atoms. The standard InChI is InChI=1S/C11H16F3N3O2S/c12-11(13,14)20(18,19)8-7-16-5-1-3-10(16)9-17-6-2-4-15-17/h2,4,6,10H,1,3,5,7-9H2. The van der Waals surface area contributed by atoms with Crippen molar-refractivity contribution < 1.29 is 21.6 Å². The molecule has 1 saturated heterocycles. The van der Waals surface area contributed by atoms with E-state index < -0.39 is 21.1 Å². The van der Waals surface area contributed by atoms with E-state index in [1.165, 1.54) is 0 Å². The molecule has 1 aromatic heterocycles. The van der Waals surface area contributed by atoms with Crippen LogP contribution in [0.1, 0.15) is 12.8 Å². The first-order chi connectivity index (χ1) is 9.29. The van der Waals surface area contributed by atoms with Gasteiger partial charge in [-0.2, -0.15) is 18.3 Å². The lowest BCUT2D eigenvalue weighted by molar-refractivity contribution is -0.0437. The van der Waals surface area contributed by atoms with Gasteiger partial charge in [-0.15, -0.1) is 0 Å². The van der Waals surface area contributed by atoms with Crippen LogP contribution in [0, 0.1) is 0 Å². The highest BCUT2D eigenvalue weighted by molar-refractivity contribution is 7.92. The summed E-state index contributed by atoms with van der Waals surface area (Å²) in [6.45, 7) is 1.10. The second kappa shape index (κ2) is 5.72. The molecule has 0 radical (unpaired) electrons. The third-order valence-corrected chi connectivity index (χ3v) is 4.88. The Morgan fingerprint density at radius 2 is 2.10 bits per heavy atom. The minimum Gasteiger partial charge on any atom is -0.298 e. The first-order valence-corrected chi connectivity index (χ1v) is 7.95. The van der Waals surface area contributed by atoms with Gasteiger partial charge in [-0.25, -0.2) is 8.42 Å². The zero-order valence-electron chi connectivity index (χ0n) is 10.8. The summed E-state index contributed by atoms with van der Waals surface area (Å²) in [6.07, 6.45) is 5.11. The third kappa shape index (κ3) is 3.51. The van der Waals surface area contributed by atoms with Crippen molar-refractivity contribution in [1.82, 2.24) is 14.7 Å². The third-order valence-electron chi connectivity index (χ3n) is 3.46. The summed E-state index contributed by atoms with van der Waals surface area (Å²) in [5.74, 6) is -0.883. The van der Waals surface area contributed by atoms with Crippen LogP contribution < -0.4 is 0 Å². The van der Waals surface area contributed by atoms with Crippen LogP contribution in [0.4, 0.5) is 13.2 Å². The smallest absolute Gasteiger partial charge is 0.298 e. The quantitative estimate of drug-likeness (QED) is 0.822. The molecule has 9 heteroatoms. The number of aromatic nitrogens is 2. The fourth-order valence-corrected chi connectivity index (χ4v) is 3.08. The predicted molar refractivity (Wildman–Crippen MR) is 66.7 cm³/mol. The Morgan fingerprint density at radius 1 is 1.35 bits per heavy atom. The maximum absolute atomic E-state index is 12.3. The van der Waals surface area contributed by atoms with Crippen molar-refractivity contribution in [3.05, 3.63) is 18.5 Å². The zero-order chi connectivity index (χ0) is 14.8. The van der Waals surface area contributed by atoms with E-state index in [1.807, 2.05) is 0 Å². The van der Waals surface area contributed by atoms with Crippen LogP contribution in [0.25, 0.3) is 0 Å². The van der Waals surface area contributed by atoms with Gasteiger partial charge in [0.2, 0.25) is 9.84 Å². The Hall–Kier alpha value is -1.09. The second-order valence-electron chi connectivity index (χ2n) is 4.82. The number of halogens is 3. The molecule has 2 rings (SSSR count). The number of sulfone groups is 1. The molecule has 1 atom stereocenters. The second-order valence-corrected chi connectivity index (χ2v) is 6.93. The SMILES string of the molecule is O=S(=O)(CCN1CCCC1Cn1cccn1)C(F)(F)F. The maximum atomic E-state index is 12.3. The van der Waals surface area contributed by atoms with Crippen LogP contribution in [-0.2, 0) is 16.4 Å². The van der Waals surface area contributed by atoms with Crippen LogP contribution in [0.5, 0.6) is 0 Å². The van der Waals surface area contributed by atoms with Crippen molar-refractivity contribution in [3.63, 3.8) is 0 Å². The predicted octanol–water partition coefficient (Wildman–Crippen LogP) is 1.28. The highest BCUT2D eigenvalue weighted by Crippen LogP contribution is 2.25. The summed E-state index contributed by atoms with van der Waals surface area (Å²) in [4.78, 5) is 1.80. The van der Waals surface area contributed by atoms with E-state index >= 15 is 0 Å². The molecule has 1 aliphatic heterocycles. The summed E-state index contributed by atoms with van der Waals surface area (Å²) in [6, 6.07) is 1.81. The number of likely N-dealkylation sites (tertiary alicyclic amines) is 1. The van der Waals surface area contributed by atoms with Crippen LogP contribution in [0.3, 0.4) is 0 Å². The first-order valence-electron chi connectivity index (χ1n) is 6.30. The Kier molecular flexibility index (Phi) is 4.38. The first kappa shape index (κ1) is 15.3. The number of hydrogen-bond donors (Lipinski definition) is 0. The molecule has 5 nitrogen and oxygen atoms in total. The molecule has 0 saturated carbocycles. The summed E-state index contributed by atoms with van der Waals surface area (Å²) >= 11 is 0. The van der Waals surface area contributed by atoms with Gasteiger partial charge in [-0.05, 0) is 25.5 Å². The van der Waals surface area contributed by atoms with Gasteiger partial charge in [-0.1, -0.05) is 0 Å². The Bertz CT molecular complexity index is 528. The summed E-state index contributed by atoms with van der Waals surface area (Å²) in [7, 11) is -5.03. The van der Waals surface area contributed by atoms with Crippen molar-refractivity contribution in [2.24, 2.45) is 0 Å². The van der Waals surface area contributed by atoms with Crippen molar-refractivity contribution in [1.29, 1.82) is 0 Å². The number of rotatable bonds is 5. The Morgan fingerprint density at radius 3 is 2.70 bits per heavy atom. The van der Waals surface area contributed by atoms with Gasteiger partial charge in [-0.3, -0.25) is 9.58 Å². The summed E-state index contributed by atoms with van der Waals surface area (Å²) in [5.41, 5.74) is -5.16. The fraction of sp³-hybridized carbons (Fsp3) is 0.727. The van der Waals surface area contributed by atoms with Crippen molar-refractivity contribution in [2.45, 2.75) is 30.9 Å². The van der Waals surface area contributed by atoms with E-state index in [0.717, 1.165) is 12.8 Å². The lowest BCUT2D eigenvalue weighted by Gasteiger charge is -2.24. The van der Waals surface area contributed by atoms with Crippen LogP contribution >= 0.6 is 0 Å². The average molecular weight is 311 g/mol. The Labute approximate surface area is 115 Å². The van der Waals surface area contributed by atoms with Gasteiger partial charge < -0.3 is 0 Å². The molecule has 0 N–H and O–H groups in total. The number of hydrogen-bond acceptors (Lipinski definition) is 4. The number of nitrogens with zero attached hydrogens (tertiary/aromatic N) is 3. The molecule has 1 aliphatic rings. The van der Waals surface area contributed by atoms with Crippen LogP contribution in [0.15, 0.2) is 18.5 Å². The topological polar surface area (TPSA) is 55.2 Å². The molecule has 114 valence electrons. The molecule has 0 aromatic carbocycles. The molecular formula is C11H16F3N3O2S. The minimum absolute atomic E-state index is 0.0401. The Balaban J connectivity index is 1.92. The molecule has 2 heterocycles. The van der Waals surface area contributed by atoms with Crippen LogP contribution in [0.2, 0.25) is 0 Å². The van der Waals surface area contributed by atoms with E-state index in [-0.39, 0.29) is 12.6 Å². The summed E-state index contributed by atoms with van der Waals surface area (Å²) < 4.78 is 60.7. The van der Waals surface area contributed by atoms with Gasteiger partial charge >= 0.3 is 5.51 Å². The van der Waals surface area contributed by atoms with E-state index in [0.29, 0.717) is 13.1 Å². The lowest BCUT2D eigenvalue weighted by atomic mass is 10.2. The molecule has 1 fully saturated rings. The van der Waals surface area contributed by atoms with Crippen molar-refractivity contribution >= 4 is 9.84 Å². The van der Waals surface area contributed by atoms with Gasteiger partial charge in [0.1, 0.15) is 0 Å². The van der Waals surface area contributed by atoms with E-state index in [9.17, 15) is 21.6 Å². The van der Waals surface area contributed by atoms with Gasteiger partial charge in [0.15, 0.2) is 0 Å². The van der Waals surface area contributed by atoms with Gasteiger partial charge in [0.05, 0.1) is 12.3 Å². The maximum Gasteiger partial charge on any atom is 0.497 e. The average Bonchev–Trinajstić information content (AvgIpc) is 2.97. The lowest BCUT2D eigenvalue weighted by Crippen LogP contribution is -2.39.